The molecule has 2 aliphatic rings. The fourth-order valence-electron chi connectivity index (χ4n) is 2.35. The molecule has 0 bridgehead atoms. The summed E-state index contributed by atoms with van der Waals surface area (Å²) in [6.07, 6.45) is 3.18. The molecule has 2 saturated carbocycles. The zero-order valence-corrected chi connectivity index (χ0v) is 15.8. The van der Waals surface area contributed by atoms with Crippen molar-refractivity contribution in [3.8, 4) is 0 Å². The second-order valence-corrected chi connectivity index (χ2v) is 8.25. The summed E-state index contributed by atoms with van der Waals surface area (Å²) in [5, 5.41) is 5.47. The van der Waals surface area contributed by atoms with E-state index in [1.54, 1.807) is 25.1 Å². The normalized spacial score (nSPS) is 18.5. The highest BCUT2D eigenvalue weighted by molar-refractivity contribution is 8.00. The Hall–Kier alpha value is -2.02. The Morgan fingerprint density at radius 3 is 2.19 bits per heavy atom. The van der Waals surface area contributed by atoms with E-state index in [-0.39, 0.29) is 23.1 Å². The number of nitrogens with one attached hydrogen (secondary N) is 2. The quantitative estimate of drug-likeness (QED) is 0.537. The van der Waals surface area contributed by atoms with Gasteiger partial charge in [-0.2, -0.15) is 0 Å². The Balaban J connectivity index is 1.60. The molecule has 0 radical (unpaired) electrons. The van der Waals surface area contributed by atoms with Crippen molar-refractivity contribution in [2.45, 2.75) is 67.9 Å². The fourth-order valence-corrected chi connectivity index (χ4v) is 3.34. The van der Waals surface area contributed by atoms with E-state index in [0.717, 1.165) is 25.7 Å². The minimum atomic E-state index is -0.850. The molecule has 3 rings (SSSR count). The second kappa shape index (κ2) is 8.12. The first-order valence-corrected chi connectivity index (χ1v) is 9.89. The third-order valence-corrected chi connectivity index (χ3v) is 5.46. The Morgan fingerprint density at radius 1 is 1.00 bits per heavy atom. The first-order valence-electron chi connectivity index (χ1n) is 9.01. The van der Waals surface area contributed by atoms with Crippen molar-refractivity contribution in [1.82, 2.24) is 10.6 Å². The summed E-state index contributed by atoms with van der Waals surface area (Å²) in [5.74, 6) is -0.859. The van der Waals surface area contributed by atoms with E-state index in [2.05, 4.69) is 10.6 Å². The molecule has 6 nitrogen and oxygen atoms in total. The van der Waals surface area contributed by atoms with Crippen LogP contribution in [-0.4, -0.2) is 41.2 Å². The smallest absolute Gasteiger partial charge is 0.340 e. The van der Waals surface area contributed by atoms with Gasteiger partial charge >= 0.3 is 5.97 Å². The molecule has 140 valence electrons. The van der Waals surface area contributed by atoms with Gasteiger partial charge in [0.2, 0.25) is 5.91 Å². The predicted octanol–water partition coefficient (Wildman–Crippen LogP) is 2.27. The highest BCUT2D eigenvalue weighted by Crippen LogP contribution is 2.29. The van der Waals surface area contributed by atoms with Crippen LogP contribution in [0.5, 0.6) is 0 Å². The highest BCUT2D eigenvalue weighted by atomic mass is 32.2. The molecule has 2 fully saturated rings. The van der Waals surface area contributed by atoms with Crippen LogP contribution < -0.4 is 10.6 Å². The van der Waals surface area contributed by atoms with Gasteiger partial charge in [0.05, 0.1) is 10.8 Å². The van der Waals surface area contributed by atoms with E-state index < -0.39 is 12.1 Å². The van der Waals surface area contributed by atoms with Gasteiger partial charge in [-0.3, -0.25) is 9.59 Å². The number of carbonyl (C=O) groups is 3. The van der Waals surface area contributed by atoms with Gasteiger partial charge in [0.15, 0.2) is 6.10 Å². The molecule has 0 spiro atoms. The number of amides is 2. The topological polar surface area (TPSA) is 84.5 Å². The minimum Gasteiger partial charge on any atom is -0.449 e. The Labute approximate surface area is 157 Å². The van der Waals surface area contributed by atoms with Gasteiger partial charge in [-0.1, -0.05) is 12.1 Å². The van der Waals surface area contributed by atoms with Crippen molar-refractivity contribution in [2.75, 3.05) is 0 Å². The molecule has 0 aliphatic heterocycles. The zero-order chi connectivity index (χ0) is 18.7. The molecule has 26 heavy (non-hydrogen) atoms. The van der Waals surface area contributed by atoms with Crippen LogP contribution >= 0.6 is 11.8 Å². The lowest BCUT2D eigenvalue weighted by Gasteiger charge is -2.16. The van der Waals surface area contributed by atoms with Crippen LogP contribution in [0, 0.1) is 0 Å². The molecule has 2 atom stereocenters. The van der Waals surface area contributed by atoms with Crippen molar-refractivity contribution in [1.29, 1.82) is 0 Å². The van der Waals surface area contributed by atoms with E-state index in [1.807, 2.05) is 13.0 Å². The molecule has 2 N–H and O–H groups in total. The zero-order valence-electron chi connectivity index (χ0n) is 15.0. The van der Waals surface area contributed by atoms with Gasteiger partial charge in [0, 0.05) is 17.0 Å². The van der Waals surface area contributed by atoms with Gasteiger partial charge in [-0.05, 0) is 51.7 Å². The minimum absolute atomic E-state index is 0.0298. The Bertz CT molecular complexity index is 701. The molecule has 2 amide bonds. The number of esters is 1. The summed E-state index contributed by atoms with van der Waals surface area (Å²) in [7, 11) is 0. The van der Waals surface area contributed by atoms with E-state index in [1.165, 1.54) is 11.8 Å². The summed E-state index contributed by atoms with van der Waals surface area (Å²) >= 11 is 1.32. The Morgan fingerprint density at radius 2 is 1.58 bits per heavy atom. The molecule has 0 unspecified atom stereocenters. The summed E-state index contributed by atoms with van der Waals surface area (Å²) in [6, 6.07) is 7.52. The maximum Gasteiger partial charge on any atom is 0.340 e. The first kappa shape index (κ1) is 18.8. The lowest BCUT2D eigenvalue weighted by atomic mass is 10.2. The fraction of sp³-hybridized carbons (Fsp3) is 0.526. The predicted molar refractivity (Wildman–Crippen MR) is 99.0 cm³/mol. The van der Waals surface area contributed by atoms with Crippen LogP contribution in [0.1, 0.15) is 49.9 Å². The van der Waals surface area contributed by atoms with E-state index in [9.17, 15) is 14.4 Å². The van der Waals surface area contributed by atoms with Crippen molar-refractivity contribution in [2.24, 2.45) is 0 Å². The first-order chi connectivity index (χ1) is 12.4. The van der Waals surface area contributed by atoms with E-state index in [0.29, 0.717) is 16.5 Å². The lowest BCUT2D eigenvalue weighted by molar-refractivity contribution is -0.129. The van der Waals surface area contributed by atoms with Crippen LogP contribution in [0.2, 0.25) is 0 Å². The molecule has 1 aromatic carbocycles. The monoisotopic (exact) mass is 376 g/mol. The highest BCUT2D eigenvalue weighted by Gasteiger charge is 2.29. The van der Waals surface area contributed by atoms with Crippen molar-refractivity contribution < 1.29 is 19.1 Å². The van der Waals surface area contributed by atoms with Crippen LogP contribution in [-0.2, 0) is 14.3 Å². The van der Waals surface area contributed by atoms with Gasteiger partial charge in [0.1, 0.15) is 0 Å². The molecule has 0 heterocycles. The number of thioether (sulfide) groups is 1. The third-order valence-electron chi connectivity index (χ3n) is 4.28. The number of hydrogen-bond donors (Lipinski definition) is 2. The summed E-state index contributed by atoms with van der Waals surface area (Å²) < 4.78 is 5.32. The summed E-state index contributed by atoms with van der Waals surface area (Å²) in [6.45, 7) is 3.38. The van der Waals surface area contributed by atoms with Crippen LogP contribution in [0.15, 0.2) is 29.2 Å². The van der Waals surface area contributed by atoms with Gasteiger partial charge in [0.25, 0.3) is 5.91 Å². The van der Waals surface area contributed by atoms with E-state index in [4.69, 9.17) is 4.74 Å². The van der Waals surface area contributed by atoms with Gasteiger partial charge in [-0.25, -0.2) is 4.79 Å². The van der Waals surface area contributed by atoms with Crippen molar-refractivity contribution in [3.63, 3.8) is 0 Å². The number of benzene rings is 1. The standard InChI is InChI=1S/C19H24N2O4S/c1-11(17(22)20-13-7-8-13)25-19(24)15-5-3-4-6-16(15)26-12(2)18(23)21-14-9-10-14/h3-6,11-14H,7-10H2,1-2H3,(H,20,22)(H,21,23)/t11-,12+/m0/s1. The number of carbonyl (C=O) groups excluding carboxylic acids is 3. The lowest BCUT2D eigenvalue weighted by Crippen LogP contribution is -2.37. The molecule has 7 heteroatoms. The van der Waals surface area contributed by atoms with Crippen molar-refractivity contribution in [3.05, 3.63) is 29.8 Å². The molecule has 1 aromatic rings. The molecular formula is C19H24N2O4S. The second-order valence-electron chi connectivity index (χ2n) is 6.87. The summed E-state index contributed by atoms with van der Waals surface area (Å²) in [5.41, 5.74) is 0.370. The van der Waals surface area contributed by atoms with Gasteiger partial charge in [-0.15, -0.1) is 11.8 Å². The SMILES string of the molecule is C[C@H](OC(=O)c1ccccc1S[C@H](C)C(=O)NC1CC1)C(=O)NC1CC1. The number of ether oxygens (including phenoxy) is 1. The van der Waals surface area contributed by atoms with Crippen LogP contribution in [0.25, 0.3) is 0 Å². The maximum absolute atomic E-state index is 12.5. The molecule has 0 aromatic heterocycles. The van der Waals surface area contributed by atoms with Crippen molar-refractivity contribution >= 4 is 29.5 Å². The molecular weight excluding hydrogens is 352 g/mol. The van der Waals surface area contributed by atoms with Crippen LogP contribution in [0.3, 0.4) is 0 Å². The average molecular weight is 376 g/mol. The number of hydrogen-bond acceptors (Lipinski definition) is 5. The molecule has 2 aliphatic carbocycles. The van der Waals surface area contributed by atoms with Gasteiger partial charge < -0.3 is 15.4 Å². The Kier molecular flexibility index (Phi) is 5.86. The number of rotatable bonds is 8. The average Bonchev–Trinajstić information content (AvgIpc) is 3.51. The summed E-state index contributed by atoms with van der Waals surface area (Å²) in [4.78, 5) is 37.3. The van der Waals surface area contributed by atoms with E-state index >= 15 is 0 Å². The third kappa shape index (κ3) is 5.24. The maximum atomic E-state index is 12.5. The molecule has 0 saturated heterocycles. The largest absolute Gasteiger partial charge is 0.449 e. The van der Waals surface area contributed by atoms with Crippen LogP contribution in [0.4, 0.5) is 0 Å².